The number of carbonyl (C=O) groups is 2. The molecule has 8 nitrogen and oxygen atoms in total. The molecule has 30 heavy (non-hydrogen) atoms. The van der Waals surface area contributed by atoms with Crippen molar-refractivity contribution in [2.45, 2.75) is 38.8 Å². The molecule has 2 heterocycles. The van der Waals surface area contributed by atoms with Crippen molar-refractivity contribution < 1.29 is 28.2 Å². The van der Waals surface area contributed by atoms with Crippen LogP contribution in [0.3, 0.4) is 0 Å². The number of aromatic nitrogens is 2. The molecule has 2 amide bonds. The molecule has 0 saturated carbocycles. The second-order valence-electron chi connectivity index (χ2n) is 7.49. The summed E-state index contributed by atoms with van der Waals surface area (Å²) in [6.07, 6.45) is 11.2. The van der Waals surface area contributed by atoms with Crippen molar-refractivity contribution in [2.75, 3.05) is 28.2 Å². The monoisotopic (exact) mass is 416 g/mol. The summed E-state index contributed by atoms with van der Waals surface area (Å²) in [4.78, 5) is 26.1. The number of ether oxygens (including phenoxy) is 2. The van der Waals surface area contributed by atoms with E-state index >= 15 is 0 Å². The minimum Gasteiger partial charge on any atom is -0.404 e. The molecule has 2 aromatic heterocycles. The molecule has 8 heteroatoms. The quantitative estimate of drug-likeness (QED) is 0.466. The summed E-state index contributed by atoms with van der Waals surface area (Å²) in [5, 5.41) is 0. The zero-order valence-corrected chi connectivity index (χ0v) is 18.3. The van der Waals surface area contributed by atoms with Gasteiger partial charge < -0.3 is 19.3 Å². The van der Waals surface area contributed by atoms with Gasteiger partial charge in [-0.25, -0.2) is 18.7 Å². The van der Waals surface area contributed by atoms with Gasteiger partial charge in [0.15, 0.2) is 23.9 Å². The van der Waals surface area contributed by atoms with Crippen LogP contribution in [0.5, 0.6) is 11.5 Å². The molecule has 2 aromatic rings. The summed E-state index contributed by atoms with van der Waals surface area (Å²) in [6.45, 7) is 1.74. The summed E-state index contributed by atoms with van der Waals surface area (Å²) in [6, 6.07) is 7.31. The predicted molar refractivity (Wildman–Crippen MR) is 111 cm³/mol. The molecule has 162 valence electrons. The SMILES string of the molecule is CN(C)C(=O)Oc1ccc[n+](CCCCCC[n+]2cccc(OC(=O)N(C)C)c2)c1. The first-order chi connectivity index (χ1) is 14.3. The Labute approximate surface area is 178 Å². The number of amides is 2. The van der Waals surface area contributed by atoms with E-state index < -0.39 is 0 Å². The maximum absolute atomic E-state index is 11.6. The van der Waals surface area contributed by atoms with E-state index in [-0.39, 0.29) is 12.2 Å². The van der Waals surface area contributed by atoms with E-state index in [9.17, 15) is 9.59 Å². The lowest BCUT2D eigenvalue weighted by atomic mass is 10.2. The molecule has 0 aromatic carbocycles. The van der Waals surface area contributed by atoms with Gasteiger partial charge in [0.05, 0.1) is 0 Å². The van der Waals surface area contributed by atoms with Gasteiger partial charge in [-0.15, -0.1) is 0 Å². The van der Waals surface area contributed by atoms with Gasteiger partial charge in [0.1, 0.15) is 13.1 Å². The molecule has 0 aliphatic rings. The molecular formula is C22H32N4O4+2. The van der Waals surface area contributed by atoms with Crippen LogP contribution >= 0.6 is 0 Å². The van der Waals surface area contributed by atoms with Crippen molar-refractivity contribution in [2.24, 2.45) is 0 Å². The number of unbranched alkanes of at least 4 members (excludes halogenated alkanes) is 3. The third-order valence-corrected chi connectivity index (χ3v) is 4.39. The number of carbonyl (C=O) groups excluding carboxylic acids is 2. The number of hydrogen-bond acceptors (Lipinski definition) is 4. The molecule has 0 atom stereocenters. The Kier molecular flexibility index (Phi) is 9.05. The first-order valence-corrected chi connectivity index (χ1v) is 10.1. The molecule has 0 aliphatic heterocycles. The third-order valence-electron chi connectivity index (χ3n) is 4.39. The lowest BCUT2D eigenvalue weighted by molar-refractivity contribution is -0.699. The Morgan fingerprint density at radius 3 is 1.50 bits per heavy atom. The molecule has 0 fully saturated rings. The summed E-state index contributed by atoms with van der Waals surface area (Å²) in [7, 11) is 6.63. The molecular weight excluding hydrogens is 384 g/mol. The van der Waals surface area contributed by atoms with E-state index in [1.54, 1.807) is 40.3 Å². The Morgan fingerprint density at radius 1 is 0.733 bits per heavy atom. The average molecular weight is 417 g/mol. The largest absolute Gasteiger partial charge is 0.414 e. The van der Waals surface area contributed by atoms with E-state index in [4.69, 9.17) is 9.47 Å². The van der Waals surface area contributed by atoms with Crippen LogP contribution in [0.1, 0.15) is 25.7 Å². The van der Waals surface area contributed by atoms with Crippen LogP contribution in [-0.2, 0) is 13.1 Å². The first-order valence-electron chi connectivity index (χ1n) is 10.1. The fourth-order valence-electron chi connectivity index (χ4n) is 2.72. The minimum atomic E-state index is -0.384. The Bertz CT molecular complexity index is 770. The van der Waals surface area contributed by atoms with Crippen molar-refractivity contribution in [1.82, 2.24) is 9.80 Å². The summed E-state index contributed by atoms with van der Waals surface area (Å²) in [5.41, 5.74) is 0. The Balaban J connectivity index is 1.69. The highest BCUT2D eigenvalue weighted by atomic mass is 16.6. The molecule has 0 N–H and O–H groups in total. The fraction of sp³-hybridized carbons (Fsp3) is 0.455. The van der Waals surface area contributed by atoms with E-state index in [1.165, 1.54) is 9.80 Å². The number of nitrogens with zero attached hydrogens (tertiary/aromatic N) is 4. The highest BCUT2D eigenvalue weighted by Crippen LogP contribution is 2.09. The minimum absolute atomic E-state index is 0.384. The molecule has 0 spiro atoms. The van der Waals surface area contributed by atoms with Crippen molar-refractivity contribution in [1.29, 1.82) is 0 Å². The fourth-order valence-corrected chi connectivity index (χ4v) is 2.72. The lowest BCUT2D eigenvalue weighted by Crippen LogP contribution is -2.34. The topological polar surface area (TPSA) is 66.8 Å². The summed E-state index contributed by atoms with van der Waals surface area (Å²) >= 11 is 0. The molecule has 0 bridgehead atoms. The zero-order chi connectivity index (χ0) is 21.9. The van der Waals surface area contributed by atoms with Gasteiger partial charge in [0, 0.05) is 53.2 Å². The van der Waals surface area contributed by atoms with Crippen molar-refractivity contribution >= 4 is 12.2 Å². The summed E-state index contributed by atoms with van der Waals surface area (Å²) in [5.74, 6) is 1.09. The van der Waals surface area contributed by atoms with Gasteiger partial charge in [-0.1, -0.05) is 0 Å². The Hall–Kier alpha value is -3.16. The first kappa shape index (κ1) is 23.1. The maximum Gasteiger partial charge on any atom is 0.414 e. The smallest absolute Gasteiger partial charge is 0.404 e. The number of rotatable bonds is 9. The third kappa shape index (κ3) is 8.06. The highest BCUT2D eigenvalue weighted by molar-refractivity contribution is 5.70. The van der Waals surface area contributed by atoms with Crippen LogP contribution in [0.25, 0.3) is 0 Å². The molecule has 0 saturated heterocycles. The highest BCUT2D eigenvalue weighted by Gasteiger charge is 2.11. The van der Waals surface area contributed by atoms with E-state index in [1.807, 2.05) is 46.1 Å². The van der Waals surface area contributed by atoms with Gasteiger partial charge in [-0.3, -0.25) is 0 Å². The average Bonchev–Trinajstić information content (AvgIpc) is 2.71. The molecule has 0 radical (unpaired) electrons. The molecule has 2 rings (SSSR count). The zero-order valence-electron chi connectivity index (χ0n) is 18.3. The van der Waals surface area contributed by atoms with Gasteiger partial charge in [-0.2, -0.15) is 0 Å². The van der Waals surface area contributed by atoms with Gasteiger partial charge in [0.25, 0.3) is 0 Å². The van der Waals surface area contributed by atoms with Crippen LogP contribution in [0.15, 0.2) is 49.1 Å². The van der Waals surface area contributed by atoms with E-state index in [2.05, 4.69) is 0 Å². The van der Waals surface area contributed by atoms with Crippen LogP contribution in [0.4, 0.5) is 9.59 Å². The molecule has 0 unspecified atom stereocenters. The van der Waals surface area contributed by atoms with Crippen LogP contribution in [-0.4, -0.2) is 50.2 Å². The standard InChI is InChI=1S/C22H32N4O4/c1-23(2)21(27)29-19-11-9-15-25(17-19)13-7-5-6-8-14-26-16-10-12-20(18-26)30-22(28)24(3)4/h9-12,15-18H,5-8,13-14H2,1-4H3/q+2. The van der Waals surface area contributed by atoms with Gasteiger partial charge >= 0.3 is 12.2 Å². The second kappa shape index (κ2) is 11.7. The number of pyridine rings is 2. The van der Waals surface area contributed by atoms with Gasteiger partial charge in [-0.05, 0) is 25.0 Å². The number of aryl methyl sites for hydroxylation is 2. The van der Waals surface area contributed by atoms with Crippen LogP contribution < -0.4 is 18.6 Å². The van der Waals surface area contributed by atoms with Crippen molar-refractivity contribution in [3.05, 3.63) is 49.1 Å². The van der Waals surface area contributed by atoms with Crippen molar-refractivity contribution in [3.8, 4) is 11.5 Å². The Morgan fingerprint density at radius 2 is 1.13 bits per heavy atom. The van der Waals surface area contributed by atoms with E-state index in [0.717, 1.165) is 38.8 Å². The predicted octanol–water partition coefficient (Wildman–Crippen LogP) is 2.64. The van der Waals surface area contributed by atoms with Crippen LogP contribution in [0.2, 0.25) is 0 Å². The van der Waals surface area contributed by atoms with Crippen molar-refractivity contribution in [3.63, 3.8) is 0 Å². The van der Waals surface area contributed by atoms with Gasteiger partial charge in [0.2, 0.25) is 12.4 Å². The van der Waals surface area contributed by atoms with Crippen LogP contribution in [0, 0.1) is 0 Å². The number of hydrogen-bond donors (Lipinski definition) is 0. The lowest BCUT2D eigenvalue weighted by Gasteiger charge is -2.09. The molecule has 0 aliphatic carbocycles. The normalized spacial score (nSPS) is 10.4. The van der Waals surface area contributed by atoms with E-state index in [0.29, 0.717) is 11.5 Å². The summed E-state index contributed by atoms with van der Waals surface area (Å²) < 4.78 is 14.6. The maximum atomic E-state index is 11.6. The second-order valence-corrected chi connectivity index (χ2v) is 7.49.